The highest BCUT2D eigenvalue weighted by molar-refractivity contribution is 5.93. The Labute approximate surface area is 132 Å². The van der Waals surface area contributed by atoms with Gasteiger partial charge in [-0.15, -0.1) is 0 Å². The number of carbonyl (C=O) groups is 1. The molecule has 4 heteroatoms. The molecule has 2 aromatic rings. The van der Waals surface area contributed by atoms with Crippen molar-refractivity contribution in [3.63, 3.8) is 0 Å². The third-order valence-electron chi connectivity index (χ3n) is 3.55. The van der Waals surface area contributed by atoms with Gasteiger partial charge in [0, 0.05) is 37.7 Å². The van der Waals surface area contributed by atoms with Gasteiger partial charge in [0.1, 0.15) is 0 Å². The lowest BCUT2D eigenvalue weighted by Gasteiger charge is -2.22. The van der Waals surface area contributed by atoms with Crippen LogP contribution in [0.3, 0.4) is 0 Å². The van der Waals surface area contributed by atoms with E-state index in [4.69, 9.17) is 0 Å². The minimum absolute atomic E-state index is 0.0988. The molecular weight excluding hydrogens is 274 g/mol. The van der Waals surface area contributed by atoms with Crippen LogP contribution in [0.15, 0.2) is 48.8 Å². The molecule has 22 heavy (non-hydrogen) atoms. The number of nitrogens with zero attached hydrogens (tertiary/aromatic N) is 2. The lowest BCUT2D eigenvalue weighted by Crippen LogP contribution is -2.24. The van der Waals surface area contributed by atoms with Gasteiger partial charge in [0.25, 0.3) is 5.91 Å². The van der Waals surface area contributed by atoms with Gasteiger partial charge < -0.3 is 10.2 Å². The van der Waals surface area contributed by atoms with Crippen LogP contribution in [-0.2, 0) is 6.54 Å². The first-order valence-electron chi connectivity index (χ1n) is 7.76. The Morgan fingerprint density at radius 1 is 1.18 bits per heavy atom. The van der Waals surface area contributed by atoms with Gasteiger partial charge in [-0.3, -0.25) is 9.78 Å². The maximum absolute atomic E-state index is 12.0. The number of hydrogen-bond donors (Lipinski definition) is 1. The summed E-state index contributed by atoms with van der Waals surface area (Å²) in [6, 6.07) is 11.9. The van der Waals surface area contributed by atoms with E-state index in [1.165, 1.54) is 5.69 Å². The molecule has 0 atom stereocenters. The third-order valence-corrected chi connectivity index (χ3v) is 3.55. The quantitative estimate of drug-likeness (QED) is 0.853. The SMILES string of the molecule is CCCN(CC)c1ccc(CNC(=O)c2cccnc2)cc1. The van der Waals surface area contributed by atoms with Crippen molar-refractivity contribution in [2.45, 2.75) is 26.8 Å². The lowest BCUT2D eigenvalue weighted by molar-refractivity contribution is 0.0950. The van der Waals surface area contributed by atoms with Crippen LogP contribution in [0.25, 0.3) is 0 Å². The Morgan fingerprint density at radius 3 is 2.55 bits per heavy atom. The van der Waals surface area contributed by atoms with Crippen molar-refractivity contribution in [1.29, 1.82) is 0 Å². The fourth-order valence-corrected chi connectivity index (χ4v) is 2.35. The highest BCUT2D eigenvalue weighted by atomic mass is 16.1. The standard InChI is InChI=1S/C18H23N3O/c1-3-12-21(4-2)17-9-7-15(8-10-17)13-20-18(22)16-6-5-11-19-14-16/h5-11,14H,3-4,12-13H2,1-2H3,(H,20,22). The van der Waals surface area contributed by atoms with Crippen molar-refractivity contribution in [3.8, 4) is 0 Å². The van der Waals surface area contributed by atoms with Crippen LogP contribution in [-0.4, -0.2) is 24.0 Å². The third kappa shape index (κ3) is 4.32. The van der Waals surface area contributed by atoms with E-state index in [0.717, 1.165) is 25.1 Å². The van der Waals surface area contributed by atoms with Crippen LogP contribution in [0.4, 0.5) is 5.69 Å². The highest BCUT2D eigenvalue weighted by Gasteiger charge is 2.06. The average molecular weight is 297 g/mol. The molecule has 0 aliphatic heterocycles. The fraction of sp³-hybridized carbons (Fsp3) is 0.333. The Bertz CT molecular complexity index is 581. The highest BCUT2D eigenvalue weighted by Crippen LogP contribution is 2.15. The first-order chi connectivity index (χ1) is 10.7. The maximum atomic E-state index is 12.0. The largest absolute Gasteiger partial charge is 0.372 e. The topological polar surface area (TPSA) is 45.2 Å². The van der Waals surface area contributed by atoms with E-state index in [0.29, 0.717) is 12.1 Å². The number of carbonyl (C=O) groups excluding carboxylic acids is 1. The summed E-state index contributed by atoms with van der Waals surface area (Å²) >= 11 is 0. The zero-order valence-electron chi connectivity index (χ0n) is 13.2. The molecule has 1 amide bonds. The Hall–Kier alpha value is -2.36. The lowest BCUT2D eigenvalue weighted by atomic mass is 10.2. The number of pyridine rings is 1. The van der Waals surface area contributed by atoms with Crippen molar-refractivity contribution >= 4 is 11.6 Å². The summed E-state index contributed by atoms with van der Waals surface area (Å²) in [5, 5.41) is 2.91. The summed E-state index contributed by atoms with van der Waals surface area (Å²) in [5.74, 6) is -0.0988. The molecule has 2 rings (SSSR count). The Morgan fingerprint density at radius 2 is 1.95 bits per heavy atom. The summed E-state index contributed by atoms with van der Waals surface area (Å²) in [7, 11) is 0. The monoisotopic (exact) mass is 297 g/mol. The van der Waals surface area contributed by atoms with Gasteiger partial charge in [-0.25, -0.2) is 0 Å². The average Bonchev–Trinajstić information content (AvgIpc) is 2.59. The number of benzene rings is 1. The molecule has 0 unspecified atom stereocenters. The maximum Gasteiger partial charge on any atom is 0.253 e. The van der Waals surface area contributed by atoms with Crippen LogP contribution >= 0.6 is 0 Å². The van der Waals surface area contributed by atoms with E-state index < -0.39 is 0 Å². The number of nitrogens with one attached hydrogen (secondary N) is 1. The van der Waals surface area contributed by atoms with Gasteiger partial charge >= 0.3 is 0 Å². The van der Waals surface area contributed by atoms with Crippen molar-refractivity contribution in [2.75, 3.05) is 18.0 Å². The molecule has 0 saturated carbocycles. The minimum Gasteiger partial charge on any atom is -0.372 e. The second kappa shape index (κ2) is 8.17. The van der Waals surface area contributed by atoms with E-state index in [1.807, 2.05) is 0 Å². The fourth-order valence-electron chi connectivity index (χ4n) is 2.35. The second-order valence-corrected chi connectivity index (χ2v) is 5.17. The van der Waals surface area contributed by atoms with E-state index in [2.05, 4.69) is 53.3 Å². The zero-order chi connectivity index (χ0) is 15.8. The van der Waals surface area contributed by atoms with E-state index >= 15 is 0 Å². The Balaban J connectivity index is 1.93. The molecular formula is C18H23N3O. The summed E-state index contributed by atoms with van der Waals surface area (Å²) in [4.78, 5) is 18.3. The molecule has 0 bridgehead atoms. The molecule has 1 N–H and O–H groups in total. The predicted molar refractivity (Wildman–Crippen MR) is 90.0 cm³/mol. The van der Waals surface area contributed by atoms with Gasteiger partial charge in [0.15, 0.2) is 0 Å². The molecule has 0 radical (unpaired) electrons. The predicted octanol–water partition coefficient (Wildman–Crippen LogP) is 3.25. The number of rotatable bonds is 7. The summed E-state index contributed by atoms with van der Waals surface area (Å²) in [5.41, 5.74) is 2.90. The molecule has 0 fully saturated rings. The molecule has 0 aliphatic carbocycles. The van der Waals surface area contributed by atoms with E-state index in [9.17, 15) is 4.79 Å². The molecule has 0 saturated heterocycles. The molecule has 4 nitrogen and oxygen atoms in total. The molecule has 1 aromatic carbocycles. The molecule has 0 spiro atoms. The van der Waals surface area contributed by atoms with Gasteiger partial charge in [0.05, 0.1) is 5.56 Å². The minimum atomic E-state index is -0.0988. The van der Waals surface area contributed by atoms with Gasteiger partial charge in [0.2, 0.25) is 0 Å². The molecule has 116 valence electrons. The number of amides is 1. The van der Waals surface area contributed by atoms with Crippen molar-refractivity contribution in [3.05, 3.63) is 59.9 Å². The van der Waals surface area contributed by atoms with Crippen LogP contribution < -0.4 is 10.2 Å². The normalized spacial score (nSPS) is 10.3. The number of aromatic nitrogens is 1. The molecule has 1 aromatic heterocycles. The van der Waals surface area contributed by atoms with Gasteiger partial charge in [-0.1, -0.05) is 19.1 Å². The first kappa shape index (κ1) is 16.0. The number of anilines is 1. The van der Waals surface area contributed by atoms with E-state index in [-0.39, 0.29) is 5.91 Å². The van der Waals surface area contributed by atoms with Gasteiger partial charge in [-0.2, -0.15) is 0 Å². The van der Waals surface area contributed by atoms with Crippen LogP contribution in [0.5, 0.6) is 0 Å². The number of hydrogen-bond acceptors (Lipinski definition) is 3. The summed E-state index contributed by atoms with van der Waals surface area (Å²) < 4.78 is 0. The van der Waals surface area contributed by atoms with Crippen LogP contribution in [0, 0.1) is 0 Å². The summed E-state index contributed by atoms with van der Waals surface area (Å²) in [6.45, 7) is 6.94. The zero-order valence-corrected chi connectivity index (χ0v) is 13.2. The molecule has 1 heterocycles. The second-order valence-electron chi connectivity index (χ2n) is 5.17. The van der Waals surface area contributed by atoms with Crippen LogP contribution in [0.2, 0.25) is 0 Å². The first-order valence-corrected chi connectivity index (χ1v) is 7.76. The Kier molecular flexibility index (Phi) is 5.95. The smallest absolute Gasteiger partial charge is 0.253 e. The molecule has 0 aliphatic rings. The summed E-state index contributed by atoms with van der Waals surface area (Å²) in [6.07, 6.45) is 4.37. The van der Waals surface area contributed by atoms with Crippen molar-refractivity contribution in [1.82, 2.24) is 10.3 Å². The van der Waals surface area contributed by atoms with E-state index in [1.54, 1.807) is 24.5 Å². The van der Waals surface area contributed by atoms with Crippen molar-refractivity contribution < 1.29 is 4.79 Å². The van der Waals surface area contributed by atoms with Crippen LogP contribution in [0.1, 0.15) is 36.2 Å². The van der Waals surface area contributed by atoms with Gasteiger partial charge in [-0.05, 0) is 43.2 Å². The van der Waals surface area contributed by atoms with Crippen molar-refractivity contribution in [2.24, 2.45) is 0 Å².